The van der Waals surface area contributed by atoms with Crippen LogP contribution >= 0.6 is 0 Å². The fourth-order valence-corrected chi connectivity index (χ4v) is 4.76. The molecule has 5 rings (SSSR count). The Balaban J connectivity index is 1.27. The Morgan fingerprint density at radius 3 is 2.37 bits per heavy atom. The third kappa shape index (κ3) is 6.49. The van der Waals surface area contributed by atoms with Crippen LogP contribution in [-0.2, 0) is 15.8 Å². The summed E-state index contributed by atoms with van der Waals surface area (Å²) in [6.45, 7) is -1.05. The lowest BCUT2D eigenvalue weighted by atomic mass is 9.99. The number of ether oxygens (including phenoxy) is 2. The standard InChI is InChI=1S/C28H20F7N3O5/c29-20-12-18(43-28(33,34)35)5-7-23(20)42-14-24(39)37-8-9-38-22(13-37)25(40)36-21-6-4-16(11-19(21)26(38)41)15-2-1-3-17(10-15)27(30,31)32/h1-7,10-12,22H,8-9,13-14H2,(H,36,40). The van der Waals surface area contributed by atoms with E-state index in [1.807, 2.05) is 0 Å². The van der Waals surface area contributed by atoms with E-state index in [0.29, 0.717) is 11.6 Å². The second-order valence-corrected chi connectivity index (χ2v) is 9.61. The lowest BCUT2D eigenvalue weighted by Gasteiger charge is -2.39. The fourth-order valence-electron chi connectivity index (χ4n) is 4.76. The van der Waals surface area contributed by atoms with Gasteiger partial charge in [-0.2, -0.15) is 13.2 Å². The Hall–Kier alpha value is -4.82. The number of carbonyl (C=O) groups is 3. The third-order valence-corrected chi connectivity index (χ3v) is 6.82. The van der Waals surface area contributed by atoms with Gasteiger partial charge >= 0.3 is 12.5 Å². The van der Waals surface area contributed by atoms with Crippen molar-refractivity contribution >= 4 is 23.4 Å². The van der Waals surface area contributed by atoms with Gasteiger partial charge in [0.25, 0.3) is 11.8 Å². The molecule has 15 heteroatoms. The van der Waals surface area contributed by atoms with Crippen LogP contribution in [0, 0.1) is 5.82 Å². The van der Waals surface area contributed by atoms with Crippen LogP contribution in [0.15, 0.2) is 60.7 Å². The van der Waals surface area contributed by atoms with E-state index in [1.165, 1.54) is 40.1 Å². The smallest absolute Gasteiger partial charge is 0.481 e. The zero-order chi connectivity index (χ0) is 31.1. The van der Waals surface area contributed by atoms with E-state index in [9.17, 15) is 45.1 Å². The minimum Gasteiger partial charge on any atom is -0.481 e. The first-order valence-electron chi connectivity index (χ1n) is 12.6. The molecule has 2 heterocycles. The number of amides is 3. The Bertz CT molecular complexity index is 1590. The fraction of sp³-hybridized carbons (Fsp3) is 0.250. The number of anilines is 1. The van der Waals surface area contributed by atoms with Gasteiger partial charge in [-0.1, -0.05) is 18.2 Å². The van der Waals surface area contributed by atoms with Gasteiger partial charge in [0, 0.05) is 19.2 Å². The summed E-state index contributed by atoms with van der Waals surface area (Å²) in [7, 11) is 0. The molecular formula is C28H20F7N3O5. The van der Waals surface area contributed by atoms with E-state index in [0.717, 1.165) is 24.3 Å². The van der Waals surface area contributed by atoms with E-state index in [-0.39, 0.29) is 36.4 Å². The number of alkyl halides is 6. The molecule has 0 saturated carbocycles. The second kappa shape index (κ2) is 11.1. The number of nitrogens with one attached hydrogen (secondary N) is 1. The average Bonchev–Trinajstić information content (AvgIpc) is 3.04. The lowest BCUT2D eigenvalue weighted by molar-refractivity contribution is -0.274. The predicted octanol–water partition coefficient (Wildman–Crippen LogP) is 5.09. The highest BCUT2D eigenvalue weighted by Crippen LogP contribution is 2.35. The van der Waals surface area contributed by atoms with Gasteiger partial charge < -0.3 is 24.6 Å². The number of carbonyl (C=O) groups excluding carboxylic acids is 3. The quantitative estimate of drug-likeness (QED) is 0.406. The summed E-state index contributed by atoms with van der Waals surface area (Å²) in [5.74, 6) is -4.37. The first-order valence-corrected chi connectivity index (χ1v) is 12.6. The largest absolute Gasteiger partial charge is 0.573 e. The van der Waals surface area contributed by atoms with Crippen molar-refractivity contribution in [2.75, 3.05) is 31.6 Å². The zero-order valence-corrected chi connectivity index (χ0v) is 21.8. The number of nitrogens with zero attached hydrogens (tertiary/aromatic N) is 2. The summed E-state index contributed by atoms with van der Waals surface area (Å²) in [6, 6.07) is 9.86. The minimum atomic E-state index is -5.02. The molecule has 0 radical (unpaired) electrons. The van der Waals surface area contributed by atoms with Crippen LogP contribution in [0.2, 0.25) is 0 Å². The topological polar surface area (TPSA) is 88.2 Å². The van der Waals surface area contributed by atoms with Gasteiger partial charge in [0.15, 0.2) is 18.2 Å². The number of rotatable bonds is 5. The number of benzene rings is 3. The molecule has 2 aliphatic rings. The van der Waals surface area contributed by atoms with Crippen molar-refractivity contribution in [3.63, 3.8) is 0 Å². The molecule has 1 unspecified atom stereocenters. The summed E-state index contributed by atoms with van der Waals surface area (Å²) >= 11 is 0. The van der Waals surface area contributed by atoms with E-state index in [1.54, 1.807) is 0 Å². The average molecular weight is 611 g/mol. The SMILES string of the molecule is O=C1Nc2ccc(-c3cccc(C(F)(F)F)c3)cc2C(=O)N2CCN(C(=O)COc3ccc(OC(F)(F)F)cc3F)CC12. The normalized spacial score (nSPS) is 17.0. The molecule has 1 N–H and O–H groups in total. The van der Waals surface area contributed by atoms with E-state index in [4.69, 9.17) is 4.74 Å². The van der Waals surface area contributed by atoms with E-state index in [2.05, 4.69) is 10.1 Å². The van der Waals surface area contributed by atoms with Gasteiger partial charge in [0.1, 0.15) is 11.8 Å². The molecule has 3 amide bonds. The van der Waals surface area contributed by atoms with E-state index < -0.39 is 65.8 Å². The number of halogens is 7. The molecular weight excluding hydrogens is 591 g/mol. The molecule has 3 aromatic rings. The van der Waals surface area contributed by atoms with Gasteiger partial charge in [-0.15, -0.1) is 13.2 Å². The highest BCUT2D eigenvalue weighted by Gasteiger charge is 2.41. The molecule has 8 nitrogen and oxygen atoms in total. The van der Waals surface area contributed by atoms with Crippen molar-refractivity contribution in [3.8, 4) is 22.6 Å². The van der Waals surface area contributed by atoms with Crippen molar-refractivity contribution in [2.24, 2.45) is 0 Å². The van der Waals surface area contributed by atoms with Crippen LogP contribution in [0.5, 0.6) is 11.5 Å². The Morgan fingerprint density at radius 1 is 0.930 bits per heavy atom. The molecule has 0 spiro atoms. The van der Waals surface area contributed by atoms with Crippen LogP contribution in [0.25, 0.3) is 11.1 Å². The van der Waals surface area contributed by atoms with Gasteiger partial charge in [-0.25, -0.2) is 4.39 Å². The van der Waals surface area contributed by atoms with Crippen molar-refractivity contribution in [1.82, 2.24) is 9.80 Å². The minimum absolute atomic E-state index is 0.0266. The van der Waals surface area contributed by atoms with Crippen molar-refractivity contribution in [1.29, 1.82) is 0 Å². The van der Waals surface area contributed by atoms with Crippen molar-refractivity contribution in [3.05, 3.63) is 77.6 Å². The van der Waals surface area contributed by atoms with Gasteiger partial charge in [-0.3, -0.25) is 14.4 Å². The number of fused-ring (bicyclic) bond motifs is 2. The van der Waals surface area contributed by atoms with Gasteiger partial charge in [0.05, 0.1) is 23.4 Å². The van der Waals surface area contributed by atoms with Crippen LogP contribution in [0.1, 0.15) is 15.9 Å². The summed E-state index contributed by atoms with van der Waals surface area (Å²) in [5.41, 5.74) is -0.120. The maximum atomic E-state index is 14.2. The van der Waals surface area contributed by atoms with Crippen LogP contribution in [0.4, 0.5) is 36.4 Å². The Morgan fingerprint density at radius 2 is 1.67 bits per heavy atom. The number of hydrogen-bond acceptors (Lipinski definition) is 5. The highest BCUT2D eigenvalue weighted by molar-refractivity contribution is 6.10. The van der Waals surface area contributed by atoms with E-state index >= 15 is 0 Å². The molecule has 3 aromatic carbocycles. The molecule has 43 heavy (non-hydrogen) atoms. The van der Waals surface area contributed by atoms with Crippen LogP contribution < -0.4 is 14.8 Å². The highest BCUT2D eigenvalue weighted by atomic mass is 19.4. The van der Waals surface area contributed by atoms with Gasteiger partial charge in [0.2, 0.25) is 5.91 Å². The molecule has 1 fully saturated rings. The molecule has 0 aromatic heterocycles. The Labute approximate surface area is 238 Å². The first kappa shape index (κ1) is 29.7. The molecule has 226 valence electrons. The molecule has 0 bridgehead atoms. The number of hydrogen-bond donors (Lipinski definition) is 1. The van der Waals surface area contributed by atoms with Crippen LogP contribution in [-0.4, -0.2) is 66.2 Å². The van der Waals surface area contributed by atoms with Crippen LogP contribution in [0.3, 0.4) is 0 Å². The summed E-state index contributed by atoms with van der Waals surface area (Å²) in [6.07, 6.45) is -9.59. The molecule has 2 aliphatic heterocycles. The lowest BCUT2D eigenvalue weighted by Crippen LogP contribution is -2.60. The molecule has 1 saturated heterocycles. The third-order valence-electron chi connectivity index (χ3n) is 6.82. The maximum absolute atomic E-state index is 14.2. The van der Waals surface area contributed by atoms with Crippen molar-refractivity contribution in [2.45, 2.75) is 18.6 Å². The summed E-state index contributed by atoms with van der Waals surface area (Å²) in [4.78, 5) is 41.8. The molecule has 0 aliphatic carbocycles. The maximum Gasteiger partial charge on any atom is 0.573 e. The van der Waals surface area contributed by atoms with Crippen molar-refractivity contribution < 1.29 is 54.6 Å². The number of piperazine rings is 1. The predicted molar refractivity (Wildman–Crippen MR) is 135 cm³/mol. The summed E-state index contributed by atoms with van der Waals surface area (Å²) < 4.78 is 99.5. The second-order valence-electron chi connectivity index (χ2n) is 9.61. The Kier molecular flexibility index (Phi) is 7.67. The zero-order valence-electron chi connectivity index (χ0n) is 21.8. The first-order chi connectivity index (χ1) is 20.2. The monoisotopic (exact) mass is 611 g/mol. The summed E-state index contributed by atoms with van der Waals surface area (Å²) in [5, 5.41) is 2.62. The molecule has 1 atom stereocenters. The van der Waals surface area contributed by atoms with Gasteiger partial charge in [-0.05, 0) is 47.5 Å².